The fourth-order valence-corrected chi connectivity index (χ4v) is 5.77. The Bertz CT molecular complexity index is 646. The van der Waals surface area contributed by atoms with E-state index in [4.69, 9.17) is 0 Å². The van der Waals surface area contributed by atoms with Crippen LogP contribution in [0.4, 0.5) is 4.79 Å². The van der Waals surface area contributed by atoms with E-state index in [1.54, 1.807) is 19.6 Å². The van der Waals surface area contributed by atoms with Crippen molar-refractivity contribution >= 4 is 11.9 Å². The Kier molecular flexibility index (Phi) is 16.9. The molecule has 0 unspecified atom stereocenters. The van der Waals surface area contributed by atoms with E-state index in [0.717, 1.165) is 0 Å². The lowest BCUT2D eigenvalue weighted by Gasteiger charge is -2.36. The molecule has 0 bridgehead atoms. The molecule has 17 heteroatoms. The van der Waals surface area contributed by atoms with E-state index < -0.39 is 24.2 Å². The van der Waals surface area contributed by atoms with E-state index in [-0.39, 0.29) is 138 Å². The molecule has 2 aliphatic rings. The number of amides is 3. The molecule has 8 N–H and O–H groups in total. The van der Waals surface area contributed by atoms with Gasteiger partial charge < -0.3 is 50.7 Å². The Morgan fingerprint density at radius 3 is 1.19 bits per heavy atom. The van der Waals surface area contributed by atoms with E-state index in [9.17, 15) is 50.4 Å². The largest absolute Gasteiger partial charge is 0.395 e. The third kappa shape index (κ3) is 9.63. The molecule has 246 valence electrons. The summed E-state index contributed by atoms with van der Waals surface area (Å²) in [4.78, 5) is 39.7. The molecule has 0 spiro atoms. The van der Waals surface area contributed by atoms with Crippen molar-refractivity contribution < 1.29 is 50.4 Å². The highest BCUT2D eigenvalue weighted by Gasteiger charge is 2.60. The molecular formula is C25H51N7O10. The Hall–Kier alpha value is -1.74. The highest BCUT2D eigenvalue weighted by atomic mass is 16.3. The zero-order valence-corrected chi connectivity index (χ0v) is 24.4. The molecule has 0 aromatic heterocycles. The van der Waals surface area contributed by atoms with Gasteiger partial charge in [0.1, 0.15) is 6.17 Å². The topological polar surface area (TPSA) is 219 Å². The van der Waals surface area contributed by atoms with Crippen LogP contribution in [-0.2, 0) is 4.79 Å². The van der Waals surface area contributed by atoms with Crippen molar-refractivity contribution in [2.45, 2.75) is 12.2 Å². The van der Waals surface area contributed by atoms with E-state index in [2.05, 4.69) is 0 Å². The smallest absolute Gasteiger partial charge is 0.324 e. The van der Waals surface area contributed by atoms with Crippen LogP contribution in [0, 0.1) is 5.92 Å². The fourth-order valence-electron chi connectivity index (χ4n) is 5.77. The van der Waals surface area contributed by atoms with Gasteiger partial charge in [-0.25, -0.2) is 4.79 Å². The number of likely N-dealkylation sites (tertiary alicyclic amines) is 1. The first-order valence-electron chi connectivity index (χ1n) is 14.5. The maximum absolute atomic E-state index is 14.2. The molecule has 2 fully saturated rings. The molecule has 2 heterocycles. The minimum absolute atomic E-state index is 0.00618. The van der Waals surface area contributed by atoms with Crippen LogP contribution in [0.5, 0.6) is 0 Å². The van der Waals surface area contributed by atoms with Gasteiger partial charge in [0.2, 0.25) is 5.91 Å². The number of hydrogen-bond donors (Lipinski definition) is 8. The molecule has 2 aliphatic heterocycles. The first-order chi connectivity index (χ1) is 20.3. The maximum atomic E-state index is 14.2. The Morgan fingerprint density at radius 1 is 0.476 bits per heavy atom. The number of carbonyl (C=O) groups is 2. The third-order valence-electron chi connectivity index (χ3n) is 7.65. The number of urea groups is 1. The second-order valence-corrected chi connectivity index (χ2v) is 10.4. The van der Waals surface area contributed by atoms with Crippen molar-refractivity contribution in [1.82, 2.24) is 34.3 Å². The van der Waals surface area contributed by atoms with Crippen molar-refractivity contribution in [3.63, 3.8) is 0 Å². The number of aliphatic hydroxyl groups is 8. The molecule has 3 atom stereocenters. The summed E-state index contributed by atoms with van der Waals surface area (Å²) >= 11 is 0. The van der Waals surface area contributed by atoms with Crippen molar-refractivity contribution in [2.24, 2.45) is 5.92 Å². The molecule has 0 aromatic rings. The standard InChI is InChI=1S/C25H51N7O10/c33-9-1-26(2-10-34)17-21-22-23(31(24(21)41)19-28(5-13-37)6-14-38)32(20-29(7-15-39)8-16-40)25(42)30(22)18-27(3-11-35)4-12-36/h21-23,33-40H,1-20H2/t21-,22+,23+/m1/s1. The van der Waals surface area contributed by atoms with Crippen LogP contribution in [0.2, 0.25) is 0 Å². The van der Waals surface area contributed by atoms with E-state index >= 15 is 0 Å². The van der Waals surface area contributed by atoms with Gasteiger partial charge in [-0.05, 0) is 0 Å². The number of carbonyl (C=O) groups excluding carboxylic acids is 2. The second kappa shape index (κ2) is 19.5. The maximum Gasteiger partial charge on any atom is 0.324 e. The SMILES string of the molecule is O=C1[C@H](CN(CCO)CCO)[C@H]2[C@@H](N1CN(CCO)CCO)N(CN(CCO)CCO)C(=O)N2CN(CCO)CCO. The fraction of sp³-hybridized carbons (Fsp3) is 0.920. The van der Waals surface area contributed by atoms with Gasteiger partial charge >= 0.3 is 6.03 Å². The summed E-state index contributed by atoms with van der Waals surface area (Å²) in [6, 6.07) is -1.12. The highest BCUT2D eigenvalue weighted by molar-refractivity contribution is 5.88. The van der Waals surface area contributed by atoms with Crippen molar-refractivity contribution in [3.8, 4) is 0 Å². The molecule has 3 amide bonds. The molecule has 0 aliphatic carbocycles. The normalized spacial score (nSPS) is 21.0. The van der Waals surface area contributed by atoms with Gasteiger partial charge in [-0.15, -0.1) is 0 Å². The molecule has 17 nitrogen and oxygen atoms in total. The van der Waals surface area contributed by atoms with Crippen LogP contribution in [0.25, 0.3) is 0 Å². The average Bonchev–Trinajstić information content (AvgIpc) is 3.36. The highest BCUT2D eigenvalue weighted by Crippen LogP contribution is 2.39. The number of rotatable bonds is 24. The van der Waals surface area contributed by atoms with E-state index in [1.807, 2.05) is 0 Å². The van der Waals surface area contributed by atoms with Gasteiger partial charge in [0.15, 0.2) is 0 Å². The van der Waals surface area contributed by atoms with E-state index in [0.29, 0.717) is 0 Å². The van der Waals surface area contributed by atoms with Crippen LogP contribution in [0.1, 0.15) is 0 Å². The average molecular weight is 610 g/mol. The van der Waals surface area contributed by atoms with E-state index in [1.165, 1.54) is 14.7 Å². The summed E-state index contributed by atoms with van der Waals surface area (Å²) in [5.74, 6) is -1.07. The number of nitrogens with zero attached hydrogens (tertiary/aromatic N) is 7. The number of fused-ring (bicyclic) bond motifs is 1. The van der Waals surface area contributed by atoms with Crippen LogP contribution in [0.15, 0.2) is 0 Å². The van der Waals surface area contributed by atoms with Gasteiger partial charge in [0, 0.05) is 58.9 Å². The minimum atomic E-state index is -0.801. The molecule has 42 heavy (non-hydrogen) atoms. The molecule has 0 radical (unpaired) electrons. The summed E-state index contributed by atoms with van der Waals surface area (Å²) in [6.07, 6.45) is -0.801. The molecular weight excluding hydrogens is 558 g/mol. The quantitative estimate of drug-likeness (QED) is 0.0511. The van der Waals surface area contributed by atoms with Crippen LogP contribution >= 0.6 is 0 Å². The molecule has 2 rings (SSSR count). The zero-order valence-electron chi connectivity index (χ0n) is 24.4. The predicted molar refractivity (Wildman–Crippen MR) is 149 cm³/mol. The summed E-state index contributed by atoms with van der Waals surface area (Å²) in [6.45, 7) is -0.140. The van der Waals surface area contributed by atoms with Crippen LogP contribution in [0.3, 0.4) is 0 Å². The number of hydrogen-bond acceptors (Lipinski definition) is 14. The monoisotopic (exact) mass is 609 g/mol. The van der Waals surface area contributed by atoms with Gasteiger partial charge in [0.25, 0.3) is 0 Å². The summed E-state index contributed by atoms with van der Waals surface area (Å²) in [5.41, 5.74) is 0. The molecule has 0 saturated carbocycles. The Morgan fingerprint density at radius 2 is 0.810 bits per heavy atom. The number of aliphatic hydroxyl groups excluding tert-OH is 8. The van der Waals surface area contributed by atoms with Crippen molar-refractivity contribution in [1.29, 1.82) is 0 Å². The first kappa shape index (κ1) is 36.5. The van der Waals surface area contributed by atoms with Crippen molar-refractivity contribution in [3.05, 3.63) is 0 Å². The first-order valence-corrected chi connectivity index (χ1v) is 14.5. The lowest BCUT2D eigenvalue weighted by Crippen LogP contribution is -2.54. The predicted octanol–water partition coefficient (Wildman–Crippen LogP) is -6.10. The van der Waals surface area contributed by atoms with Gasteiger partial charge in [0.05, 0.1) is 84.8 Å². The summed E-state index contributed by atoms with van der Waals surface area (Å²) in [7, 11) is 0. The third-order valence-corrected chi connectivity index (χ3v) is 7.65. The van der Waals surface area contributed by atoms with Crippen LogP contribution < -0.4 is 0 Å². The van der Waals surface area contributed by atoms with Crippen LogP contribution in [-0.4, -0.2) is 231 Å². The summed E-state index contributed by atoms with van der Waals surface area (Å²) < 4.78 is 0. The van der Waals surface area contributed by atoms with Crippen molar-refractivity contribution in [2.75, 3.05) is 132 Å². The Balaban J connectivity index is 2.60. The van der Waals surface area contributed by atoms with Gasteiger partial charge in [-0.3, -0.25) is 29.3 Å². The lowest BCUT2D eigenvalue weighted by atomic mass is 10.00. The lowest BCUT2D eigenvalue weighted by molar-refractivity contribution is -0.137. The second-order valence-electron chi connectivity index (χ2n) is 10.4. The zero-order chi connectivity index (χ0) is 31.1. The molecule has 2 saturated heterocycles. The minimum Gasteiger partial charge on any atom is -0.395 e. The van der Waals surface area contributed by atoms with Gasteiger partial charge in [-0.2, -0.15) is 0 Å². The molecule has 0 aromatic carbocycles. The Labute approximate surface area is 246 Å². The summed E-state index contributed by atoms with van der Waals surface area (Å²) in [5, 5.41) is 76.8. The van der Waals surface area contributed by atoms with Gasteiger partial charge in [-0.1, -0.05) is 0 Å².